The molecule has 1 rings (SSSR count). The van der Waals surface area contributed by atoms with Crippen LogP contribution in [0.3, 0.4) is 0 Å². The molecule has 21 heavy (non-hydrogen) atoms. The maximum absolute atomic E-state index is 12.4. The van der Waals surface area contributed by atoms with E-state index in [1.165, 1.54) is 0 Å². The fourth-order valence-corrected chi connectivity index (χ4v) is 2.65. The van der Waals surface area contributed by atoms with E-state index in [4.69, 9.17) is 10.2 Å². The lowest BCUT2D eigenvalue weighted by Gasteiger charge is -2.36. The molecule has 1 amide bonds. The highest BCUT2D eigenvalue weighted by Crippen LogP contribution is 2.30. The number of hydrogen-bond donors (Lipinski definition) is 4. The van der Waals surface area contributed by atoms with Gasteiger partial charge in [0, 0.05) is 13.0 Å². The van der Waals surface area contributed by atoms with Crippen molar-refractivity contribution in [2.75, 3.05) is 13.1 Å². The van der Waals surface area contributed by atoms with Crippen LogP contribution in [0, 0.1) is 5.41 Å². The minimum atomic E-state index is -1.12. The molecule has 120 valence electrons. The van der Waals surface area contributed by atoms with Crippen LogP contribution >= 0.6 is 0 Å². The fraction of sp³-hybridized carbons (Fsp3) is 0.786. The Bertz CT molecular complexity index is 391. The van der Waals surface area contributed by atoms with E-state index in [0.29, 0.717) is 13.0 Å². The standard InChI is InChI=1S/C14H24N2O5/c1-2-14(7-4-8-15-9-14)13(21)16-10(12(19)20)5-3-6-11(17)18/h10,15H,2-9H2,1H3,(H,16,21)(H,17,18)(H,19,20)/t10-,14?/m1/s1. The second kappa shape index (κ2) is 7.97. The molecule has 0 aromatic carbocycles. The zero-order valence-electron chi connectivity index (χ0n) is 12.4. The Hall–Kier alpha value is -1.63. The van der Waals surface area contributed by atoms with Crippen LogP contribution < -0.4 is 10.6 Å². The third kappa shape index (κ3) is 5.00. The molecule has 1 unspecified atom stereocenters. The first-order chi connectivity index (χ1) is 9.91. The molecule has 0 aliphatic carbocycles. The van der Waals surface area contributed by atoms with E-state index in [2.05, 4.69) is 10.6 Å². The van der Waals surface area contributed by atoms with E-state index < -0.39 is 23.4 Å². The van der Waals surface area contributed by atoms with E-state index in [1.807, 2.05) is 6.92 Å². The van der Waals surface area contributed by atoms with Crippen LogP contribution in [0.5, 0.6) is 0 Å². The summed E-state index contributed by atoms with van der Waals surface area (Å²) in [4.78, 5) is 34.1. The molecule has 4 N–H and O–H groups in total. The number of carboxylic acid groups (broad SMARTS) is 2. The van der Waals surface area contributed by atoms with Crippen molar-refractivity contribution in [2.24, 2.45) is 5.41 Å². The van der Waals surface area contributed by atoms with Crippen LogP contribution in [0.1, 0.15) is 45.4 Å². The van der Waals surface area contributed by atoms with E-state index in [1.54, 1.807) is 0 Å². The van der Waals surface area contributed by atoms with Crippen LogP contribution in [-0.4, -0.2) is 47.2 Å². The summed E-state index contributed by atoms with van der Waals surface area (Å²) in [5.41, 5.74) is -0.557. The van der Waals surface area contributed by atoms with Crippen molar-refractivity contribution >= 4 is 17.8 Å². The van der Waals surface area contributed by atoms with Gasteiger partial charge in [-0.05, 0) is 38.6 Å². The third-order valence-corrected chi connectivity index (χ3v) is 4.12. The smallest absolute Gasteiger partial charge is 0.326 e. The van der Waals surface area contributed by atoms with E-state index in [-0.39, 0.29) is 25.2 Å². The molecule has 0 aromatic rings. The Kier molecular flexibility index (Phi) is 6.61. The Morgan fingerprint density at radius 3 is 2.52 bits per heavy atom. The van der Waals surface area contributed by atoms with Crippen molar-refractivity contribution in [3.05, 3.63) is 0 Å². The maximum atomic E-state index is 12.4. The van der Waals surface area contributed by atoms with Crippen LogP contribution in [0.2, 0.25) is 0 Å². The molecule has 1 fully saturated rings. The number of rotatable bonds is 8. The topological polar surface area (TPSA) is 116 Å². The van der Waals surface area contributed by atoms with Crippen molar-refractivity contribution in [1.82, 2.24) is 10.6 Å². The second-order valence-electron chi connectivity index (χ2n) is 5.56. The van der Waals surface area contributed by atoms with Crippen LogP contribution in [-0.2, 0) is 14.4 Å². The third-order valence-electron chi connectivity index (χ3n) is 4.12. The molecule has 2 atom stereocenters. The summed E-state index contributed by atoms with van der Waals surface area (Å²) in [6.45, 7) is 3.35. The Labute approximate surface area is 124 Å². The van der Waals surface area contributed by atoms with Gasteiger partial charge in [-0.15, -0.1) is 0 Å². The average Bonchev–Trinajstić information content (AvgIpc) is 2.46. The monoisotopic (exact) mass is 300 g/mol. The van der Waals surface area contributed by atoms with Gasteiger partial charge in [0.15, 0.2) is 0 Å². The highest BCUT2D eigenvalue weighted by Gasteiger charge is 2.39. The van der Waals surface area contributed by atoms with Crippen LogP contribution in [0.15, 0.2) is 0 Å². The zero-order valence-corrected chi connectivity index (χ0v) is 12.4. The van der Waals surface area contributed by atoms with E-state index >= 15 is 0 Å². The van der Waals surface area contributed by atoms with Gasteiger partial charge < -0.3 is 20.8 Å². The second-order valence-corrected chi connectivity index (χ2v) is 5.56. The summed E-state index contributed by atoms with van der Waals surface area (Å²) >= 11 is 0. The van der Waals surface area contributed by atoms with Crippen LogP contribution in [0.4, 0.5) is 0 Å². The largest absolute Gasteiger partial charge is 0.481 e. The maximum Gasteiger partial charge on any atom is 0.326 e. The molecule has 1 saturated heterocycles. The number of piperidine rings is 1. The molecule has 0 radical (unpaired) electrons. The SMILES string of the molecule is CCC1(C(=O)N[C@H](CCCC(=O)O)C(=O)O)CCCNC1. The zero-order chi connectivity index (χ0) is 15.9. The molecular formula is C14H24N2O5. The Balaban J connectivity index is 2.62. The van der Waals surface area contributed by atoms with Gasteiger partial charge in [-0.1, -0.05) is 6.92 Å². The summed E-state index contributed by atoms with van der Waals surface area (Å²) in [7, 11) is 0. The Morgan fingerprint density at radius 1 is 1.33 bits per heavy atom. The quantitative estimate of drug-likeness (QED) is 0.521. The Morgan fingerprint density at radius 2 is 2.05 bits per heavy atom. The van der Waals surface area contributed by atoms with E-state index in [9.17, 15) is 14.4 Å². The molecule has 0 aromatic heterocycles. The number of hydrogen-bond acceptors (Lipinski definition) is 4. The van der Waals surface area contributed by atoms with Crippen LogP contribution in [0.25, 0.3) is 0 Å². The first-order valence-electron chi connectivity index (χ1n) is 7.37. The predicted octanol–water partition coefficient (Wildman–Crippen LogP) is 0.591. The first-order valence-corrected chi connectivity index (χ1v) is 7.37. The average molecular weight is 300 g/mol. The molecular weight excluding hydrogens is 276 g/mol. The van der Waals surface area contributed by atoms with Crippen molar-refractivity contribution < 1.29 is 24.6 Å². The molecule has 0 spiro atoms. The number of nitrogens with one attached hydrogen (secondary N) is 2. The number of carbonyl (C=O) groups is 3. The summed E-state index contributed by atoms with van der Waals surface area (Å²) in [5, 5.41) is 23.5. The van der Waals surface area contributed by atoms with Gasteiger partial charge in [-0.25, -0.2) is 4.79 Å². The molecule has 1 aliphatic heterocycles. The number of carboxylic acids is 2. The van der Waals surface area contributed by atoms with Gasteiger partial charge in [0.05, 0.1) is 5.41 Å². The highest BCUT2D eigenvalue weighted by molar-refractivity contribution is 5.87. The summed E-state index contributed by atoms with van der Waals surface area (Å²) < 4.78 is 0. The summed E-state index contributed by atoms with van der Waals surface area (Å²) in [6.07, 6.45) is 2.53. The predicted molar refractivity (Wildman–Crippen MR) is 75.9 cm³/mol. The normalized spacial score (nSPS) is 23.3. The van der Waals surface area contributed by atoms with E-state index in [0.717, 1.165) is 19.4 Å². The van der Waals surface area contributed by atoms with Crippen molar-refractivity contribution in [2.45, 2.75) is 51.5 Å². The lowest BCUT2D eigenvalue weighted by atomic mass is 9.77. The minimum absolute atomic E-state index is 0.0971. The van der Waals surface area contributed by atoms with Gasteiger partial charge in [-0.3, -0.25) is 9.59 Å². The molecule has 0 bridgehead atoms. The number of carbonyl (C=O) groups excluding carboxylic acids is 1. The molecule has 7 heteroatoms. The van der Waals surface area contributed by atoms with Gasteiger partial charge >= 0.3 is 11.9 Å². The van der Waals surface area contributed by atoms with Crippen molar-refractivity contribution in [3.63, 3.8) is 0 Å². The highest BCUT2D eigenvalue weighted by atomic mass is 16.4. The van der Waals surface area contributed by atoms with Gasteiger partial charge in [0.1, 0.15) is 6.04 Å². The number of aliphatic carboxylic acids is 2. The lowest BCUT2D eigenvalue weighted by Crippen LogP contribution is -2.54. The van der Waals surface area contributed by atoms with Crippen molar-refractivity contribution in [3.8, 4) is 0 Å². The van der Waals surface area contributed by atoms with Crippen molar-refractivity contribution in [1.29, 1.82) is 0 Å². The first kappa shape index (κ1) is 17.4. The number of amides is 1. The van der Waals surface area contributed by atoms with Gasteiger partial charge in [0.2, 0.25) is 5.91 Å². The molecule has 7 nitrogen and oxygen atoms in total. The molecule has 1 heterocycles. The summed E-state index contributed by atoms with van der Waals surface area (Å²) in [5.74, 6) is -2.34. The summed E-state index contributed by atoms with van der Waals surface area (Å²) in [6, 6.07) is -1.03. The lowest BCUT2D eigenvalue weighted by molar-refractivity contribution is -0.145. The van der Waals surface area contributed by atoms with Gasteiger partial charge in [-0.2, -0.15) is 0 Å². The molecule has 1 aliphatic rings. The van der Waals surface area contributed by atoms with Gasteiger partial charge in [0.25, 0.3) is 0 Å². The molecule has 0 saturated carbocycles. The fourth-order valence-electron chi connectivity index (χ4n) is 2.65. The minimum Gasteiger partial charge on any atom is -0.481 e.